The molecule has 0 amide bonds. The van der Waals surface area contributed by atoms with Crippen molar-refractivity contribution in [2.45, 2.75) is 32.2 Å². The van der Waals surface area contributed by atoms with Crippen LogP contribution in [0.1, 0.15) is 31.9 Å². The second-order valence-corrected chi connectivity index (χ2v) is 5.61. The lowest BCUT2D eigenvalue weighted by molar-refractivity contribution is 0.752. The van der Waals surface area contributed by atoms with Crippen LogP contribution in [-0.4, -0.2) is 24.1 Å². The molecule has 1 atom stereocenters. The maximum absolute atomic E-state index is 6.01. The maximum Gasteiger partial charge on any atom is 0.0477 e. The van der Waals surface area contributed by atoms with Gasteiger partial charge in [0, 0.05) is 41.4 Å². The zero-order valence-corrected chi connectivity index (χ0v) is 11.1. The van der Waals surface area contributed by atoms with E-state index in [1.807, 2.05) is 0 Å². The van der Waals surface area contributed by atoms with E-state index in [-0.39, 0.29) is 0 Å². The van der Waals surface area contributed by atoms with Crippen LogP contribution in [0.3, 0.4) is 0 Å². The van der Waals surface area contributed by atoms with Gasteiger partial charge in [-0.3, -0.25) is 0 Å². The van der Waals surface area contributed by atoms with E-state index in [0.717, 1.165) is 19.5 Å². The number of nitrogens with two attached hydrogens (primary N) is 1. The molecule has 0 aliphatic carbocycles. The molecule has 1 aliphatic heterocycles. The lowest BCUT2D eigenvalue weighted by Crippen LogP contribution is -2.26. The standard InChI is InChI=1S/C15H21N3/c1-10(2)14-8-12-13(17-14)4-3-5-15(12)18-7-6-11(16)9-18/h3-5,8,10-11,17H,6-7,9,16H2,1-2H3. The first kappa shape index (κ1) is 11.6. The third-order valence-electron chi connectivity index (χ3n) is 3.85. The number of hydrogen-bond acceptors (Lipinski definition) is 2. The number of fused-ring (bicyclic) bond motifs is 1. The van der Waals surface area contributed by atoms with Crippen LogP contribution in [0.4, 0.5) is 5.69 Å². The van der Waals surface area contributed by atoms with Gasteiger partial charge in [-0.1, -0.05) is 19.9 Å². The van der Waals surface area contributed by atoms with Gasteiger partial charge >= 0.3 is 0 Å². The second kappa shape index (κ2) is 4.32. The smallest absolute Gasteiger partial charge is 0.0477 e. The molecular formula is C15H21N3. The van der Waals surface area contributed by atoms with Crippen LogP contribution in [-0.2, 0) is 0 Å². The van der Waals surface area contributed by atoms with Gasteiger partial charge in [0.15, 0.2) is 0 Å². The molecule has 3 N–H and O–H groups in total. The number of H-pyrrole nitrogens is 1. The number of anilines is 1. The van der Waals surface area contributed by atoms with Gasteiger partial charge in [0.05, 0.1) is 0 Å². The van der Waals surface area contributed by atoms with Gasteiger partial charge in [0.1, 0.15) is 0 Å². The Kier molecular flexibility index (Phi) is 2.78. The van der Waals surface area contributed by atoms with E-state index in [9.17, 15) is 0 Å². The average Bonchev–Trinajstić information content (AvgIpc) is 2.94. The van der Waals surface area contributed by atoms with Gasteiger partial charge in [0.25, 0.3) is 0 Å². The molecule has 0 bridgehead atoms. The molecule has 1 aliphatic rings. The summed E-state index contributed by atoms with van der Waals surface area (Å²) in [5.41, 5.74) is 9.87. The third-order valence-corrected chi connectivity index (χ3v) is 3.85. The molecule has 18 heavy (non-hydrogen) atoms. The van der Waals surface area contributed by atoms with Crippen molar-refractivity contribution < 1.29 is 0 Å². The molecule has 2 heterocycles. The van der Waals surface area contributed by atoms with Crippen LogP contribution in [0.25, 0.3) is 10.9 Å². The van der Waals surface area contributed by atoms with Crippen molar-refractivity contribution in [1.82, 2.24) is 4.98 Å². The minimum atomic E-state index is 0.323. The Hall–Kier alpha value is -1.48. The van der Waals surface area contributed by atoms with Crippen LogP contribution < -0.4 is 10.6 Å². The van der Waals surface area contributed by atoms with Gasteiger partial charge in [-0.2, -0.15) is 0 Å². The minimum Gasteiger partial charge on any atom is -0.369 e. The van der Waals surface area contributed by atoms with E-state index >= 15 is 0 Å². The predicted octanol–water partition coefficient (Wildman–Crippen LogP) is 2.83. The molecule has 1 saturated heterocycles. The van der Waals surface area contributed by atoms with Gasteiger partial charge < -0.3 is 15.6 Å². The van der Waals surface area contributed by atoms with E-state index in [4.69, 9.17) is 5.73 Å². The fourth-order valence-electron chi connectivity index (χ4n) is 2.75. The first-order chi connectivity index (χ1) is 8.65. The van der Waals surface area contributed by atoms with Crippen molar-refractivity contribution >= 4 is 16.6 Å². The Morgan fingerprint density at radius 1 is 1.39 bits per heavy atom. The summed E-state index contributed by atoms with van der Waals surface area (Å²) >= 11 is 0. The van der Waals surface area contributed by atoms with Crippen molar-refractivity contribution in [3.63, 3.8) is 0 Å². The van der Waals surface area contributed by atoms with Gasteiger partial charge in [-0.25, -0.2) is 0 Å². The highest BCUT2D eigenvalue weighted by molar-refractivity contribution is 5.93. The van der Waals surface area contributed by atoms with E-state index in [2.05, 4.69) is 48.0 Å². The number of nitrogens with one attached hydrogen (secondary N) is 1. The molecule has 3 nitrogen and oxygen atoms in total. The maximum atomic E-state index is 6.01. The van der Waals surface area contributed by atoms with Gasteiger partial charge in [-0.15, -0.1) is 0 Å². The van der Waals surface area contributed by atoms with E-state index in [1.165, 1.54) is 22.3 Å². The highest BCUT2D eigenvalue weighted by Gasteiger charge is 2.21. The highest BCUT2D eigenvalue weighted by atomic mass is 15.2. The fourth-order valence-corrected chi connectivity index (χ4v) is 2.75. The zero-order valence-electron chi connectivity index (χ0n) is 11.1. The fraction of sp³-hybridized carbons (Fsp3) is 0.467. The quantitative estimate of drug-likeness (QED) is 0.852. The Morgan fingerprint density at radius 2 is 2.22 bits per heavy atom. The zero-order chi connectivity index (χ0) is 12.7. The minimum absolute atomic E-state index is 0.323. The number of hydrogen-bond donors (Lipinski definition) is 2. The van der Waals surface area contributed by atoms with E-state index in [0.29, 0.717) is 12.0 Å². The van der Waals surface area contributed by atoms with Crippen LogP contribution in [0, 0.1) is 0 Å². The number of aromatic amines is 1. The summed E-state index contributed by atoms with van der Waals surface area (Å²) in [5.74, 6) is 0.533. The van der Waals surface area contributed by atoms with Crippen molar-refractivity contribution in [2.24, 2.45) is 5.73 Å². The van der Waals surface area contributed by atoms with E-state index in [1.54, 1.807) is 0 Å². The van der Waals surface area contributed by atoms with Gasteiger partial charge in [-0.05, 0) is 30.5 Å². The van der Waals surface area contributed by atoms with Crippen LogP contribution in [0.2, 0.25) is 0 Å². The molecule has 3 heteroatoms. The number of rotatable bonds is 2. The average molecular weight is 243 g/mol. The summed E-state index contributed by atoms with van der Waals surface area (Å²) in [6.45, 7) is 6.48. The molecule has 0 radical (unpaired) electrons. The summed E-state index contributed by atoms with van der Waals surface area (Å²) in [4.78, 5) is 5.92. The first-order valence-corrected chi connectivity index (χ1v) is 6.77. The second-order valence-electron chi connectivity index (χ2n) is 5.61. The summed E-state index contributed by atoms with van der Waals surface area (Å²) < 4.78 is 0. The largest absolute Gasteiger partial charge is 0.369 e. The summed E-state index contributed by atoms with van der Waals surface area (Å²) in [7, 11) is 0. The van der Waals surface area contributed by atoms with Crippen LogP contribution >= 0.6 is 0 Å². The first-order valence-electron chi connectivity index (χ1n) is 6.77. The van der Waals surface area contributed by atoms with Gasteiger partial charge in [0.2, 0.25) is 0 Å². The van der Waals surface area contributed by atoms with Crippen molar-refractivity contribution in [2.75, 3.05) is 18.0 Å². The van der Waals surface area contributed by atoms with Crippen LogP contribution in [0.15, 0.2) is 24.3 Å². The lowest BCUT2D eigenvalue weighted by Gasteiger charge is -2.19. The SMILES string of the molecule is CC(C)c1cc2c(N3CCC(N)C3)cccc2[nH]1. The van der Waals surface area contributed by atoms with Crippen molar-refractivity contribution in [3.05, 3.63) is 30.0 Å². The molecule has 0 spiro atoms. The molecule has 3 rings (SSSR count). The highest BCUT2D eigenvalue weighted by Crippen LogP contribution is 2.31. The molecule has 96 valence electrons. The molecular weight excluding hydrogens is 222 g/mol. The topological polar surface area (TPSA) is 45.0 Å². The summed E-state index contributed by atoms with van der Waals surface area (Å²) in [6, 6.07) is 9.10. The number of nitrogens with zero attached hydrogens (tertiary/aromatic N) is 1. The monoisotopic (exact) mass is 243 g/mol. The molecule has 1 aromatic heterocycles. The molecule has 0 saturated carbocycles. The number of benzene rings is 1. The third kappa shape index (κ3) is 1.89. The lowest BCUT2D eigenvalue weighted by atomic mass is 10.1. The normalized spacial score (nSPS) is 20.2. The van der Waals surface area contributed by atoms with Crippen molar-refractivity contribution in [3.8, 4) is 0 Å². The summed E-state index contributed by atoms with van der Waals surface area (Å²) in [5, 5.41) is 1.33. The Morgan fingerprint density at radius 3 is 2.89 bits per heavy atom. The predicted molar refractivity (Wildman–Crippen MR) is 77.2 cm³/mol. The molecule has 1 aromatic carbocycles. The molecule has 1 unspecified atom stereocenters. The van der Waals surface area contributed by atoms with Crippen LogP contribution in [0.5, 0.6) is 0 Å². The number of aromatic nitrogens is 1. The summed E-state index contributed by atoms with van der Waals surface area (Å²) in [6.07, 6.45) is 1.10. The van der Waals surface area contributed by atoms with E-state index < -0.39 is 0 Å². The molecule has 2 aromatic rings. The Labute approximate surface area is 108 Å². The van der Waals surface area contributed by atoms with Crippen molar-refractivity contribution in [1.29, 1.82) is 0 Å². The Bertz CT molecular complexity index is 556. The molecule has 1 fully saturated rings. The Balaban J connectivity index is 2.06.